The van der Waals surface area contributed by atoms with Crippen molar-refractivity contribution in [3.8, 4) is 0 Å². The average Bonchev–Trinajstić information content (AvgIpc) is 2.79. The largest absolute Gasteiger partial charge is 0.387 e. The van der Waals surface area contributed by atoms with Crippen LogP contribution in [0.3, 0.4) is 0 Å². The zero-order chi connectivity index (χ0) is 11.4. The molecule has 0 radical (unpaired) electrons. The molecule has 1 saturated carbocycles. The van der Waals surface area contributed by atoms with Crippen LogP contribution in [0.15, 0.2) is 4.52 Å². The molecular formula is C12H20N2O2. The van der Waals surface area contributed by atoms with Crippen LogP contribution >= 0.6 is 0 Å². The summed E-state index contributed by atoms with van der Waals surface area (Å²) in [6.45, 7) is 2.09. The maximum absolute atomic E-state index is 8.87. The van der Waals surface area contributed by atoms with E-state index in [9.17, 15) is 0 Å². The van der Waals surface area contributed by atoms with Gasteiger partial charge in [0.2, 0.25) is 0 Å². The second-order valence-electron chi connectivity index (χ2n) is 4.71. The zero-order valence-corrected chi connectivity index (χ0v) is 9.85. The van der Waals surface area contributed by atoms with Crippen molar-refractivity contribution in [2.75, 3.05) is 0 Å². The van der Waals surface area contributed by atoms with Gasteiger partial charge in [0.15, 0.2) is 5.82 Å². The lowest BCUT2D eigenvalue weighted by molar-refractivity contribution is 0.221. The molecule has 0 spiro atoms. The fourth-order valence-electron chi connectivity index (χ4n) is 2.62. The van der Waals surface area contributed by atoms with Crippen LogP contribution in [0.1, 0.15) is 63.1 Å². The lowest BCUT2D eigenvalue weighted by Crippen LogP contribution is -2.14. The number of rotatable bonds is 4. The molecule has 16 heavy (non-hydrogen) atoms. The van der Waals surface area contributed by atoms with Crippen LogP contribution in [0.25, 0.3) is 0 Å². The molecule has 4 heteroatoms. The number of hydrogen-bond donors (Lipinski definition) is 1. The molecule has 1 aromatic heterocycles. The van der Waals surface area contributed by atoms with Gasteiger partial charge in [-0.2, -0.15) is 4.98 Å². The third-order valence-corrected chi connectivity index (χ3v) is 3.53. The highest BCUT2D eigenvalue weighted by Gasteiger charge is 2.25. The molecule has 90 valence electrons. The van der Waals surface area contributed by atoms with E-state index in [1.165, 1.54) is 25.7 Å². The van der Waals surface area contributed by atoms with Crippen molar-refractivity contribution in [1.82, 2.24) is 10.1 Å². The van der Waals surface area contributed by atoms with Crippen molar-refractivity contribution >= 4 is 0 Å². The van der Waals surface area contributed by atoms with E-state index in [1.54, 1.807) is 0 Å². The van der Waals surface area contributed by atoms with Gasteiger partial charge in [-0.3, -0.25) is 0 Å². The fraction of sp³-hybridized carbons (Fsp3) is 0.833. The van der Waals surface area contributed by atoms with Crippen molar-refractivity contribution in [2.45, 2.75) is 58.0 Å². The highest BCUT2D eigenvalue weighted by molar-refractivity contribution is 4.97. The number of aliphatic hydroxyl groups excluding tert-OH is 1. The molecule has 0 aromatic carbocycles. The van der Waals surface area contributed by atoms with E-state index in [0.29, 0.717) is 11.8 Å². The minimum Gasteiger partial charge on any atom is -0.387 e. The van der Waals surface area contributed by atoms with Gasteiger partial charge in [-0.1, -0.05) is 24.9 Å². The molecule has 1 aliphatic rings. The predicted molar refractivity (Wildman–Crippen MR) is 59.8 cm³/mol. The molecule has 1 heterocycles. The zero-order valence-electron chi connectivity index (χ0n) is 9.85. The van der Waals surface area contributed by atoms with Crippen LogP contribution in [0.4, 0.5) is 0 Å². The lowest BCUT2D eigenvalue weighted by atomic mass is 9.80. The Morgan fingerprint density at radius 1 is 1.31 bits per heavy atom. The first kappa shape index (κ1) is 11.6. The highest BCUT2D eigenvalue weighted by Crippen LogP contribution is 2.36. The number of hydrogen-bond acceptors (Lipinski definition) is 4. The molecule has 1 fully saturated rings. The van der Waals surface area contributed by atoms with Crippen LogP contribution in [-0.2, 0) is 6.61 Å². The summed E-state index contributed by atoms with van der Waals surface area (Å²) in [5, 5.41) is 12.8. The molecule has 2 rings (SSSR count). The van der Waals surface area contributed by atoms with Gasteiger partial charge in [-0.15, -0.1) is 0 Å². The van der Waals surface area contributed by atoms with Crippen LogP contribution < -0.4 is 0 Å². The van der Waals surface area contributed by atoms with Crippen LogP contribution in [0, 0.1) is 5.92 Å². The van der Waals surface area contributed by atoms with E-state index in [0.717, 1.165) is 24.6 Å². The third-order valence-electron chi connectivity index (χ3n) is 3.53. The molecule has 1 aromatic rings. The Balaban J connectivity index is 1.88. The Kier molecular flexibility index (Phi) is 3.93. The molecule has 0 atom stereocenters. The second-order valence-corrected chi connectivity index (χ2v) is 4.71. The fourth-order valence-corrected chi connectivity index (χ4v) is 2.62. The maximum Gasteiger partial charge on any atom is 0.252 e. The summed E-state index contributed by atoms with van der Waals surface area (Å²) in [6.07, 6.45) is 7.51. The monoisotopic (exact) mass is 224 g/mol. The minimum atomic E-state index is -0.155. The van der Waals surface area contributed by atoms with E-state index in [1.807, 2.05) is 0 Å². The van der Waals surface area contributed by atoms with Gasteiger partial charge in [0.25, 0.3) is 5.89 Å². The van der Waals surface area contributed by atoms with E-state index in [-0.39, 0.29) is 6.61 Å². The van der Waals surface area contributed by atoms with Gasteiger partial charge in [0.05, 0.1) is 0 Å². The lowest BCUT2D eigenvalue weighted by Gasteiger charge is -2.26. The number of aromatic nitrogens is 2. The number of nitrogens with zero attached hydrogens (tertiary/aromatic N) is 2. The molecule has 0 bridgehead atoms. The van der Waals surface area contributed by atoms with Crippen LogP contribution in [0.5, 0.6) is 0 Å². The third kappa shape index (κ3) is 2.61. The van der Waals surface area contributed by atoms with Crippen molar-refractivity contribution < 1.29 is 9.63 Å². The maximum atomic E-state index is 8.87. The second kappa shape index (κ2) is 5.43. The Hall–Kier alpha value is -0.900. The minimum absolute atomic E-state index is 0.155. The van der Waals surface area contributed by atoms with Gasteiger partial charge in [-0.05, 0) is 31.6 Å². The predicted octanol–water partition coefficient (Wildman–Crippen LogP) is 2.64. The van der Waals surface area contributed by atoms with Crippen molar-refractivity contribution in [3.63, 3.8) is 0 Å². The Morgan fingerprint density at radius 2 is 2.06 bits per heavy atom. The molecule has 0 unspecified atom stereocenters. The van der Waals surface area contributed by atoms with Gasteiger partial charge in [-0.25, -0.2) is 0 Å². The molecule has 0 saturated heterocycles. The van der Waals surface area contributed by atoms with E-state index in [2.05, 4.69) is 17.1 Å². The van der Waals surface area contributed by atoms with E-state index >= 15 is 0 Å². The van der Waals surface area contributed by atoms with E-state index in [4.69, 9.17) is 9.63 Å². The molecule has 1 N–H and O–H groups in total. The summed E-state index contributed by atoms with van der Waals surface area (Å²) in [4.78, 5) is 4.20. The average molecular weight is 224 g/mol. The molecule has 4 nitrogen and oxygen atoms in total. The van der Waals surface area contributed by atoms with Crippen LogP contribution in [0.2, 0.25) is 0 Å². The summed E-state index contributed by atoms with van der Waals surface area (Å²) < 4.78 is 4.93. The van der Waals surface area contributed by atoms with Crippen molar-refractivity contribution in [3.05, 3.63) is 11.7 Å². The highest BCUT2D eigenvalue weighted by atomic mass is 16.5. The Morgan fingerprint density at radius 3 is 2.62 bits per heavy atom. The molecule has 1 aliphatic carbocycles. The first-order valence-electron chi connectivity index (χ1n) is 6.26. The SMILES string of the molecule is CCCC1CCC(c2noc(CO)n2)CC1. The first-order chi connectivity index (χ1) is 7.83. The topological polar surface area (TPSA) is 59.2 Å². The van der Waals surface area contributed by atoms with Gasteiger partial charge in [0.1, 0.15) is 6.61 Å². The summed E-state index contributed by atoms with van der Waals surface area (Å²) in [6, 6.07) is 0. The van der Waals surface area contributed by atoms with Crippen molar-refractivity contribution in [2.24, 2.45) is 5.92 Å². The summed E-state index contributed by atoms with van der Waals surface area (Å²) >= 11 is 0. The van der Waals surface area contributed by atoms with Gasteiger partial charge in [0, 0.05) is 5.92 Å². The normalized spacial score (nSPS) is 25.9. The summed E-state index contributed by atoms with van der Waals surface area (Å²) in [5.74, 6) is 2.47. The first-order valence-corrected chi connectivity index (χ1v) is 6.26. The molecule has 0 aliphatic heterocycles. The Bertz CT molecular complexity index is 317. The summed E-state index contributed by atoms with van der Waals surface area (Å²) in [5.41, 5.74) is 0. The molecule has 0 amide bonds. The van der Waals surface area contributed by atoms with Crippen LogP contribution in [-0.4, -0.2) is 15.2 Å². The van der Waals surface area contributed by atoms with Gasteiger partial charge >= 0.3 is 0 Å². The number of aliphatic hydroxyl groups is 1. The van der Waals surface area contributed by atoms with E-state index < -0.39 is 0 Å². The quantitative estimate of drug-likeness (QED) is 0.854. The van der Waals surface area contributed by atoms with Crippen molar-refractivity contribution in [1.29, 1.82) is 0 Å². The standard InChI is InChI=1S/C12H20N2O2/c1-2-3-9-4-6-10(7-5-9)12-13-11(8-15)16-14-12/h9-10,15H,2-8H2,1H3. The van der Waals surface area contributed by atoms with Gasteiger partial charge < -0.3 is 9.63 Å². The smallest absolute Gasteiger partial charge is 0.252 e. The summed E-state index contributed by atoms with van der Waals surface area (Å²) in [7, 11) is 0. The Labute approximate surface area is 96.1 Å². The molecular weight excluding hydrogens is 204 g/mol.